The van der Waals surface area contributed by atoms with E-state index in [0.29, 0.717) is 21.9 Å². The Bertz CT molecular complexity index is 1430. The third-order valence-electron chi connectivity index (χ3n) is 6.01. The van der Waals surface area contributed by atoms with E-state index in [1.54, 1.807) is 48.5 Å². The van der Waals surface area contributed by atoms with Crippen molar-refractivity contribution >= 4 is 46.6 Å². The van der Waals surface area contributed by atoms with Crippen LogP contribution in [0.15, 0.2) is 65.6 Å². The Kier molecular flexibility index (Phi) is 8.99. The summed E-state index contributed by atoms with van der Waals surface area (Å²) in [6.07, 6.45) is 1.61. The lowest BCUT2D eigenvalue weighted by Crippen LogP contribution is -2.32. The number of halogens is 1. The maximum Gasteiger partial charge on any atom is 0.343 e. The number of methoxy groups -OCH3 is 1. The number of hydrogen-bond donors (Lipinski definition) is 0. The molecule has 0 aromatic heterocycles. The van der Waals surface area contributed by atoms with E-state index in [4.69, 9.17) is 25.8 Å². The van der Waals surface area contributed by atoms with Crippen molar-refractivity contribution in [2.45, 2.75) is 26.7 Å². The first-order valence-corrected chi connectivity index (χ1v) is 13.5. The second-order valence-electron chi connectivity index (χ2n) is 9.18. The number of rotatable bonds is 9. The summed E-state index contributed by atoms with van der Waals surface area (Å²) in [6, 6.07) is 17.3. The molecule has 0 unspecified atom stereocenters. The van der Waals surface area contributed by atoms with Crippen LogP contribution < -0.4 is 14.2 Å². The van der Waals surface area contributed by atoms with Crippen LogP contribution in [0.4, 0.5) is 4.79 Å². The molecule has 1 aliphatic rings. The first kappa shape index (κ1) is 28.3. The Balaban J connectivity index is 1.43. The first-order valence-electron chi connectivity index (χ1n) is 12.3. The summed E-state index contributed by atoms with van der Waals surface area (Å²) >= 11 is 6.74. The summed E-state index contributed by atoms with van der Waals surface area (Å²) in [5.41, 5.74) is 3.10. The van der Waals surface area contributed by atoms with Gasteiger partial charge in [-0.2, -0.15) is 0 Å². The number of thioether (sulfide) groups is 1. The molecule has 7 nitrogen and oxygen atoms in total. The fraction of sp³-hybridized carbons (Fsp3) is 0.233. The summed E-state index contributed by atoms with van der Waals surface area (Å²) in [5, 5.41) is 0.153. The van der Waals surface area contributed by atoms with Crippen LogP contribution in [0.25, 0.3) is 6.08 Å². The molecule has 2 amide bonds. The highest BCUT2D eigenvalue weighted by atomic mass is 35.5. The van der Waals surface area contributed by atoms with E-state index in [2.05, 4.69) is 13.8 Å². The van der Waals surface area contributed by atoms with Gasteiger partial charge in [-0.3, -0.25) is 14.5 Å². The summed E-state index contributed by atoms with van der Waals surface area (Å²) in [7, 11) is 1.45. The summed E-state index contributed by atoms with van der Waals surface area (Å²) < 4.78 is 16.8. The predicted molar refractivity (Wildman–Crippen MR) is 153 cm³/mol. The van der Waals surface area contributed by atoms with Crippen molar-refractivity contribution in [3.05, 3.63) is 92.8 Å². The molecule has 1 saturated heterocycles. The van der Waals surface area contributed by atoms with Crippen LogP contribution in [0.5, 0.6) is 17.2 Å². The molecule has 1 heterocycles. The van der Waals surface area contributed by atoms with Gasteiger partial charge in [0.2, 0.25) is 0 Å². The highest BCUT2D eigenvalue weighted by Crippen LogP contribution is 2.35. The first-order chi connectivity index (χ1) is 18.7. The number of hydrogen-bond acceptors (Lipinski definition) is 7. The van der Waals surface area contributed by atoms with Gasteiger partial charge in [0.25, 0.3) is 11.1 Å². The van der Waals surface area contributed by atoms with Crippen LogP contribution in [-0.4, -0.2) is 42.3 Å². The number of ether oxygens (including phenoxy) is 3. The number of imide groups is 1. The molecule has 0 radical (unpaired) electrons. The minimum absolute atomic E-state index is 0.135. The van der Waals surface area contributed by atoms with Crippen LogP contribution in [0, 0.1) is 6.92 Å². The molecule has 4 rings (SSSR count). The van der Waals surface area contributed by atoms with Gasteiger partial charge in [-0.1, -0.05) is 43.6 Å². The zero-order valence-electron chi connectivity index (χ0n) is 22.0. The van der Waals surface area contributed by atoms with E-state index in [-0.39, 0.29) is 40.9 Å². The largest absolute Gasteiger partial charge is 0.493 e. The zero-order valence-corrected chi connectivity index (χ0v) is 23.6. The molecule has 1 aliphatic heterocycles. The molecular weight excluding hydrogens is 538 g/mol. The van der Waals surface area contributed by atoms with E-state index in [0.717, 1.165) is 28.6 Å². The lowest BCUT2D eigenvalue weighted by atomic mass is 10.0. The quantitative estimate of drug-likeness (QED) is 0.155. The van der Waals surface area contributed by atoms with Crippen molar-refractivity contribution in [3.63, 3.8) is 0 Å². The number of esters is 1. The third-order valence-corrected chi connectivity index (χ3v) is 7.16. The van der Waals surface area contributed by atoms with E-state index < -0.39 is 5.97 Å². The summed E-state index contributed by atoms with van der Waals surface area (Å²) in [6.45, 7) is 6.49. The van der Waals surface area contributed by atoms with Gasteiger partial charge in [0.15, 0.2) is 11.5 Å². The number of aryl methyl sites for hydroxylation is 1. The lowest BCUT2D eigenvalue weighted by Gasteiger charge is -2.17. The van der Waals surface area contributed by atoms with E-state index in [9.17, 15) is 14.4 Å². The van der Waals surface area contributed by atoms with Crippen molar-refractivity contribution in [2.24, 2.45) is 0 Å². The molecule has 3 aromatic rings. The molecular formula is C30H28ClNO6S. The van der Waals surface area contributed by atoms with E-state index in [1.807, 2.05) is 25.1 Å². The minimum atomic E-state index is -0.563. The van der Waals surface area contributed by atoms with Gasteiger partial charge in [0, 0.05) is 5.02 Å². The van der Waals surface area contributed by atoms with Crippen LogP contribution in [0.1, 0.15) is 46.8 Å². The smallest absolute Gasteiger partial charge is 0.343 e. The molecule has 0 atom stereocenters. The van der Waals surface area contributed by atoms with Crippen LogP contribution in [0.2, 0.25) is 5.02 Å². The maximum atomic E-state index is 13.0. The van der Waals surface area contributed by atoms with E-state index >= 15 is 0 Å². The average molecular weight is 566 g/mol. The van der Waals surface area contributed by atoms with Crippen molar-refractivity contribution in [2.75, 3.05) is 20.3 Å². The van der Waals surface area contributed by atoms with Gasteiger partial charge < -0.3 is 14.2 Å². The number of amides is 2. The number of carbonyl (C=O) groups is 3. The molecule has 202 valence electrons. The highest BCUT2D eigenvalue weighted by molar-refractivity contribution is 8.18. The fourth-order valence-corrected chi connectivity index (χ4v) is 4.93. The molecule has 39 heavy (non-hydrogen) atoms. The Labute approximate surface area is 236 Å². The molecule has 1 fully saturated rings. The molecule has 3 aromatic carbocycles. The van der Waals surface area contributed by atoms with Crippen LogP contribution in [-0.2, 0) is 4.79 Å². The molecule has 0 bridgehead atoms. The van der Waals surface area contributed by atoms with Gasteiger partial charge in [0.1, 0.15) is 12.4 Å². The summed E-state index contributed by atoms with van der Waals surface area (Å²) in [5.74, 6) is 0.613. The molecule has 0 N–H and O–H groups in total. The SMILES string of the molecule is COc1cc(/C=C2\SC(=O)N(CCOc3cc(C)ccc3C(C)C)C2=O)ccc1OC(=O)c1ccc(Cl)cc1. The molecule has 0 spiro atoms. The average Bonchev–Trinajstić information content (AvgIpc) is 3.17. The van der Waals surface area contributed by atoms with Crippen molar-refractivity contribution < 1.29 is 28.6 Å². The monoisotopic (exact) mass is 565 g/mol. The topological polar surface area (TPSA) is 82.1 Å². The third kappa shape index (κ3) is 6.82. The van der Waals surface area contributed by atoms with Gasteiger partial charge in [-0.05, 0) is 89.8 Å². The van der Waals surface area contributed by atoms with Crippen molar-refractivity contribution in [1.29, 1.82) is 0 Å². The van der Waals surface area contributed by atoms with Crippen LogP contribution in [0.3, 0.4) is 0 Å². The van der Waals surface area contributed by atoms with E-state index in [1.165, 1.54) is 12.0 Å². The Morgan fingerprint density at radius 2 is 1.74 bits per heavy atom. The van der Waals surface area contributed by atoms with Gasteiger partial charge in [0.05, 0.1) is 24.1 Å². The second-order valence-corrected chi connectivity index (χ2v) is 10.6. The minimum Gasteiger partial charge on any atom is -0.493 e. The predicted octanol–water partition coefficient (Wildman–Crippen LogP) is 7.11. The second kappa shape index (κ2) is 12.4. The van der Waals surface area contributed by atoms with Gasteiger partial charge in [-0.25, -0.2) is 4.79 Å². The standard InChI is InChI=1S/C30H28ClNO6S/c1-18(2)23-11-5-19(3)15-25(23)37-14-13-32-28(33)27(39-30(32)35)17-20-6-12-24(26(16-20)36-4)38-29(34)21-7-9-22(31)10-8-21/h5-12,15-18H,13-14H2,1-4H3/b27-17-. The maximum absolute atomic E-state index is 13.0. The van der Waals surface area contributed by atoms with Gasteiger partial charge >= 0.3 is 5.97 Å². The summed E-state index contributed by atoms with van der Waals surface area (Å²) in [4.78, 5) is 39.5. The number of benzene rings is 3. The van der Waals surface area contributed by atoms with Crippen molar-refractivity contribution in [3.8, 4) is 17.2 Å². The van der Waals surface area contributed by atoms with Crippen LogP contribution >= 0.6 is 23.4 Å². The number of nitrogens with zero attached hydrogens (tertiary/aromatic N) is 1. The Morgan fingerprint density at radius 1 is 1.00 bits per heavy atom. The van der Waals surface area contributed by atoms with Crippen molar-refractivity contribution in [1.82, 2.24) is 4.90 Å². The lowest BCUT2D eigenvalue weighted by molar-refractivity contribution is -0.123. The highest BCUT2D eigenvalue weighted by Gasteiger charge is 2.35. The zero-order chi connectivity index (χ0) is 28.1. The fourth-order valence-electron chi connectivity index (χ4n) is 3.94. The van der Waals surface area contributed by atoms with Gasteiger partial charge in [-0.15, -0.1) is 0 Å². The normalized spacial score (nSPS) is 14.3. The Morgan fingerprint density at radius 3 is 2.44 bits per heavy atom. The Hall–Kier alpha value is -3.75. The molecule has 9 heteroatoms. The molecule has 0 saturated carbocycles. The number of carbonyl (C=O) groups excluding carboxylic acids is 3. The molecule has 0 aliphatic carbocycles.